The summed E-state index contributed by atoms with van der Waals surface area (Å²) in [6.07, 6.45) is 13.7. The smallest absolute Gasteiger partial charge is 0.0144 e. The molecule has 3 rings (SSSR count). The lowest BCUT2D eigenvalue weighted by atomic mass is 9.60. The van der Waals surface area contributed by atoms with Gasteiger partial charge in [-0.25, -0.2) is 0 Å². The molecule has 1 saturated carbocycles. The molecule has 2 aliphatic carbocycles. The summed E-state index contributed by atoms with van der Waals surface area (Å²) in [5.74, 6) is 1.42. The lowest BCUT2D eigenvalue weighted by molar-refractivity contribution is 0.130. The molecule has 2 unspecified atom stereocenters. The average molecular weight is 255 g/mol. The third-order valence-corrected chi connectivity index (χ3v) is 5.35. The van der Waals surface area contributed by atoms with E-state index in [-0.39, 0.29) is 0 Å². The molecular formula is C18H25N. The number of hydrogen-bond acceptors (Lipinski definition) is 1. The summed E-state index contributed by atoms with van der Waals surface area (Å²) in [6.45, 7) is 11.6. The molecule has 0 aromatic heterocycles. The van der Waals surface area contributed by atoms with E-state index in [1.165, 1.54) is 48.9 Å². The fourth-order valence-electron chi connectivity index (χ4n) is 4.08. The fourth-order valence-corrected chi connectivity index (χ4v) is 4.08. The minimum absolute atomic E-state index is 0.373. The highest BCUT2D eigenvalue weighted by Crippen LogP contribution is 2.51. The largest absolute Gasteiger partial charge is 0.388 e. The molecule has 1 saturated heterocycles. The van der Waals surface area contributed by atoms with Crippen molar-refractivity contribution in [2.75, 3.05) is 6.54 Å². The van der Waals surface area contributed by atoms with E-state index in [1.54, 1.807) is 0 Å². The van der Waals surface area contributed by atoms with Crippen LogP contribution in [0.1, 0.15) is 39.0 Å². The fraction of sp³-hybridized carbons (Fsp3) is 0.556. The highest BCUT2D eigenvalue weighted by Gasteiger charge is 2.42. The predicted molar refractivity (Wildman–Crippen MR) is 81.7 cm³/mol. The zero-order valence-corrected chi connectivity index (χ0v) is 12.0. The standard InChI is InChI=1S/C18H25N/c1-13(2)15-5-6-17-12-18(9-7-16(17)11-15)8-4-10-19-14(18)3/h5-6,11,16-17,19H,1,3-4,7-10,12H2,2H3/t16?,17-,18?/m0/s1. The maximum Gasteiger partial charge on any atom is 0.0144 e. The number of piperidine rings is 1. The minimum Gasteiger partial charge on any atom is -0.388 e. The van der Waals surface area contributed by atoms with Crippen LogP contribution >= 0.6 is 0 Å². The zero-order chi connectivity index (χ0) is 13.5. The van der Waals surface area contributed by atoms with Gasteiger partial charge in [-0.3, -0.25) is 0 Å². The normalized spacial score (nSPS) is 37.5. The maximum atomic E-state index is 4.31. The van der Waals surface area contributed by atoms with Crippen LogP contribution in [0, 0.1) is 17.3 Å². The first-order chi connectivity index (χ1) is 9.11. The van der Waals surface area contributed by atoms with Crippen molar-refractivity contribution in [1.82, 2.24) is 5.32 Å². The van der Waals surface area contributed by atoms with Crippen molar-refractivity contribution in [1.29, 1.82) is 0 Å². The van der Waals surface area contributed by atoms with Crippen molar-refractivity contribution in [2.45, 2.75) is 39.0 Å². The Bertz CT molecular complexity index is 468. The summed E-state index contributed by atoms with van der Waals surface area (Å²) in [5, 5.41) is 3.52. The first-order valence-electron chi connectivity index (χ1n) is 7.60. The molecule has 0 aromatic carbocycles. The van der Waals surface area contributed by atoms with Gasteiger partial charge in [0, 0.05) is 17.7 Å². The number of allylic oxidation sites excluding steroid dienone is 6. The summed E-state index contributed by atoms with van der Waals surface area (Å²) in [5.41, 5.74) is 4.22. The molecule has 1 nitrogen and oxygen atoms in total. The van der Waals surface area contributed by atoms with Crippen LogP contribution in [0.4, 0.5) is 0 Å². The number of rotatable bonds is 1. The molecule has 0 amide bonds. The van der Waals surface area contributed by atoms with Crippen LogP contribution in [0.3, 0.4) is 0 Å². The van der Waals surface area contributed by atoms with Crippen molar-refractivity contribution in [3.63, 3.8) is 0 Å². The van der Waals surface area contributed by atoms with E-state index in [2.05, 4.69) is 43.6 Å². The third-order valence-electron chi connectivity index (χ3n) is 5.35. The first kappa shape index (κ1) is 12.8. The molecule has 1 aliphatic heterocycles. The second kappa shape index (κ2) is 4.70. The highest BCUT2D eigenvalue weighted by atomic mass is 14.9. The molecule has 0 radical (unpaired) electrons. The second-order valence-electron chi connectivity index (χ2n) is 6.62. The average Bonchev–Trinajstić information content (AvgIpc) is 2.41. The van der Waals surface area contributed by atoms with E-state index in [0.29, 0.717) is 11.3 Å². The Morgan fingerprint density at radius 1 is 1.37 bits per heavy atom. The van der Waals surface area contributed by atoms with Gasteiger partial charge in [-0.05, 0) is 56.4 Å². The summed E-state index contributed by atoms with van der Waals surface area (Å²) in [4.78, 5) is 0. The maximum absolute atomic E-state index is 4.31. The van der Waals surface area contributed by atoms with Crippen molar-refractivity contribution >= 4 is 0 Å². The zero-order valence-electron chi connectivity index (χ0n) is 12.0. The number of fused-ring (bicyclic) bond motifs is 1. The van der Waals surface area contributed by atoms with Crippen molar-refractivity contribution < 1.29 is 0 Å². The van der Waals surface area contributed by atoms with Gasteiger partial charge >= 0.3 is 0 Å². The lowest BCUT2D eigenvalue weighted by Crippen LogP contribution is -2.42. The molecule has 0 bridgehead atoms. The molecule has 1 heteroatoms. The van der Waals surface area contributed by atoms with Crippen molar-refractivity contribution in [3.8, 4) is 0 Å². The Balaban J connectivity index is 1.78. The van der Waals surface area contributed by atoms with E-state index in [4.69, 9.17) is 0 Å². The number of nitrogens with one attached hydrogen (secondary N) is 1. The van der Waals surface area contributed by atoms with Crippen LogP contribution < -0.4 is 5.32 Å². The van der Waals surface area contributed by atoms with Crippen LogP contribution in [0.2, 0.25) is 0 Å². The van der Waals surface area contributed by atoms with Gasteiger partial charge in [-0.15, -0.1) is 0 Å². The molecule has 19 heavy (non-hydrogen) atoms. The van der Waals surface area contributed by atoms with Crippen LogP contribution in [-0.4, -0.2) is 6.54 Å². The van der Waals surface area contributed by atoms with E-state index in [9.17, 15) is 0 Å². The second-order valence-corrected chi connectivity index (χ2v) is 6.62. The lowest BCUT2D eigenvalue weighted by Gasteiger charge is -2.48. The Labute approximate surface area is 117 Å². The van der Waals surface area contributed by atoms with Crippen molar-refractivity contribution in [2.24, 2.45) is 17.3 Å². The van der Waals surface area contributed by atoms with Gasteiger partial charge in [0.25, 0.3) is 0 Å². The minimum atomic E-state index is 0.373. The molecule has 3 aliphatic rings. The van der Waals surface area contributed by atoms with Gasteiger partial charge in [0.1, 0.15) is 0 Å². The number of hydrogen-bond donors (Lipinski definition) is 1. The molecular weight excluding hydrogens is 230 g/mol. The Hall–Kier alpha value is -1.24. The molecule has 2 fully saturated rings. The Morgan fingerprint density at radius 3 is 2.95 bits per heavy atom. The molecule has 102 valence electrons. The molecule has 1 spiro atoms. The summed E-state index contributed by atoms with van der Waals surface area (Å²) >= 11 is 0. The van der Waals surface area contributed by atoms with E-state index >= 15 is 0 Å². The quantitative estimate of drug-likeness (QED) is 0.734. The monoisotopic (exact) mass is 255 g/mol. The SMILES string of the molecule is C=C(C)C1=CC2CCC3(CCCNC3=C)C[C@@H]2C=C1. The van der Waals surface area contributed by atoms with E-state index in [1.807, 2.05) is 0 Å². The van der Waals surface area contributed by atoms with Crippen LogP contribution in [-0.2, 0) is 0 Å². The van der Waals surface area contributed by atoms with Gasteiger partial charge in [0.05, 0.1) is 0 Å². The van der Waals surface area contributed by atoms with Gasteiger partial charge in [-0.2, -0.15) is 0 Å². The summed E-state index contributed by atoms with van der Waals surface area (Å²) < 4.78 is 0. The van der Waals surface area contributed by atoms with E-state index in [0.717, 1.165) is 12.5 Å². The van der Waals surface area contributed by atoms with Crippen LogP contribution in [0.5, 0.6) is 0 Å². The summed E-state index contributed by atoms with van der Waals surface area (Å²) in [7, 11) is 0. The van der Waals surface area contributed by atoms with Gasteiger partial charge in [0.15, 0.2) is 0 Å². The van der Waals surface area contributed by atoms with Crippen LogP contribution in [0.15, 0.2) is 48.2 Å². The van der Waals surface area contributed by atoms with Crippen molar-refractivity contribution in [3.05, 3.63) is 48.2 Å². The topological polar surface area (TPSA) is 12.0 Å². The molecule has 1 heterocycles. The predicted octanol–water partition coefficient (Wildman–Crippen LogP) is 4.36. The van der Waals surface area contributed by atoms with E-state index < -0.39 is 0 Å². The van der Waals surface area contributed by atoms with Crippen LogP contribution in [0.25, 0.3) is 0 Å². The first-order valence-corrected chi connectivity index (χ1v) is 7.60. The van der Waals surface area contributed by atoms with Gasteiger partial charge in [0.2, 0.25) is 0 Å². The van der Waals surface area contributed by atoms with Gasteiger partial charge in [-0.1, -0.05) is 37.0 Å². The Morgan fingerprint density at radius 2 is 2.21 bits per heavy atom. The Kier molecular flexibility index (Phi) is 3.16. The highest BCUT2D eigenvalue weighted by molar-refractivity contribution is 5.40. The molecule has 0 aromatic rings. The summed E-state index contributed by atoms with van der Waals surface area (Å²) in [6, 6.07) is 0. The molecule has 3 atom stereocenters. The molecule has 1 N–H and O–H groups in total. The van der Waals surface area contributed by atoms with Gasteiger partial charge < -0.3 is 5.32 Å². The third kappa shape index (κ3) is 2.20.